The molecule has 35 heavy (non-hydrogen) atoms. The molecule has 4 rings (SSSR count). The molecule has 0 aliphatic heterocycles. The standard InChI is InChI=1S/C30H28N2O3/c1-22-8-10-25(11-9-22)21-34-28-16-12-24(13-17-28)20-31-32-30(33)23(2)35-29-18-14-27(15-19-29)26-6-4-3-5-7-26/h3-20,23H,21H2,1-2H3,(H,32,33)/b31-20-/t23-/m1/s1. The molecule has 0 fully saturated rings. The van der Waals surface area contributed by atoms with Crippen LogP contribution >= 0.6 is 0 Å². The molecular formula is C30H28N2O3. The van der Waals surface area contributed by atoms with E-state index in [0.717, 1.165) is 28.0 Å². The predicted octanol–water partition coefficient (Wildman–Crippen LogP) is 6.16. The molecule has 0 saturated carbocycles. The maximum Gasteiger partial charge on any atom is 0.280 e. The van der Waals surface area contributed by atoms with Crippen molar-refractivity contribution in [2.24, 2.45) is 5.10 Å². The summed E-state index contributed by atoms with van der Waals surface area (Å²) in [5, 5.41) is 4.04. The molecule has 0 spiro atoms. The zero-order chi connectivity index (χ0) is 24.5. The third-order valence-corrected chi connectivity index (χ3v) is 5.44. The second-order valence-corrected chi connectivity index (χ2v) is 8.23. The molecule has 0 aromatic heterocycles. The highest BCUT2D eigenvalue weighted by Gasteiger charge is 2.14. The van der Waals surface area contributed by atoms with E-state index in [9.17, 15) is 4.79 Å². The van der Waals surface area contributed by atoms with Crippen LogP contribution in [0, 0.1) is 6.92 Å². The molecule has 1 amide bonds. The number of hydrogen-bond donors (Lipinski definition) is 1. The van der Waals surface area contributed by atoms with Gasteiger partial charge in [-0.2, -0.15) is 5.10 Å². The first-order chi connectivity index (χ1) is 17.1. The highest BCUT2D eigenvalue weighted by atomic mass is 16.5. The Bertz CT molecular complexity index is 1250. The first-order valence-electron chi connectivity index (χ1n) is 11.5. The number of aryl methyl sites for hydroxylation is 1. The van der Waals surface area contributed by atoms with Crippen molar-refractivity contribution in [3.8, 4) is 22.6 Å². The van der Waals surface area contributed by atoms with Crippen molar-refractivity contribution in [2.75, 3.05) is 0 Å². The average Bonchev–Trinajstić information content (AvgIpc) is 2.90. The number of carbonyl (C=O) groups is 1. The van der Waals surface area contributed by atoms with E-state index in [1.54, 1.807) is 13.1 Å². The van der Waals surface area contributed by atoms with Gasteiger partial charge in [0.15, 0.2) is 6.10 Å². The lowest BCUT2D eigenvalue weighted by Gasteiger charge is -2.13. The van der Waals surface area contributed by atoms with Crippen LogP contribution in [0.1, 0.15) is 23.6 Å². The van der Waals surface area contributed by atoms with Gasteiger partial charge in [0, 0.05) is 0 Å². The van der Waals surface area contributed by atoms with E-state index in [4.69, 9.17) is 9.47 Å². The summed E-state index contributed by atoms with van der Waals surface area (Å²) in [6.45, 7) is 4.26. The smallest absolute Gasteiger partial charge is 0.280 e. The lowest BCUT2D eigenvalue weighted by atomic mass is 10.1. The molecule has 0 aliphatic rings. The van der Waals surface area contributed by atoms with Crippen LogP contribution in [0.2, 0.25) is 0 Å². The number of carbonyl (C=O) groups excluding carboxylic acids is 1. The Morgan fingerprint density at radius 3 is 2.14 bits per heavy atom. The second kappa shape index (κ2) is 11.7. The number of benzene rings is 4. The fraction of sp³-hybridized carbons (Fsp3) is 0.133. The van der Waals surface area contributed by atoms with Gasteiger partial charge < -0.3 is 9.47 Å². The highest BCUT2D eigenvalue weighted by Crippen LogP contribution is 2.22. The van der Waals surface area contributed by atoms with E-state index in [0.29, 0.717) is 12.4 Å². The summed E-state index contributed by atoms with van der Waals surface area (Å²) < 4.78 is 11.6. The highest BCUT2D eigenvalue weighted by molar-refractivity contribution is 5.84. The van der Waals surface area contributed by atoms with Crippen molar-refractivity contribution in [1.29, 1.82) is 0 Å². The molecule has 4 aromatic rings. The average molecular weight is 465 g/mol. The van der Waals surface area contributed by atoms with Gasteiger partial charge in [-0.15, -0.1) is 0 Å². The van der Waals surface area contributed by atoms with Gasteiger partial charge in [0.25, 0.3) is 5.91 Å². The van der Waals surface area contributed by atoms with E-state index in [2.05, 4.69) is 53.8 Å². The topological polar surface area (TPSA) is 59.9 Å². The zero-order valence-corrected chi connectivity index (χ0v) is 19.8. The van der Waals surface area contributed by atoms with Gasteiger partial charge >= 0.3 is 0 Å². The molecule has 0 bridgehead atoms. The number of nitrogens with zero attached hydrogens (tertiary/aromatic N) is 1. The van der Waals surface area contributed by atoms with E-state index in [1.165, 1.54) is 5.56 Å². The van der Waals surface area contributed by atoms with Crippen LogP contribution < -0.4 is 14.9 Å². The molecule has 0 saturated heterocycles. The lowest BCUT2D eigenvalue weighted by molar-refractivity contribution is -0.127. The Morgan fingerprint density at radius 2 is 1.46 bits per heavy atom. The summed E-state index contributed by atoms with van der Waals surface area (Å²) in [5.74, 6) is 1.07. The Kier molecular flexibility index (Phi) is 7.92. The van der Waals surface area contributed by atoms with E-state index in [1.807, 2.05) is 66.7 Å². The zero-order valence-electron chi connectivity index (χ0n) is 19.8. The van der Waals surface area contributed by atoms with Gasteiger partial charge in [0.1, 0.15) is 18.1 Å². The molecule has 0 heterocycles. The number of hydrogen-bond acceptors (Lipinski definition) is 4. The van der Waals surface area contributed by atoms with E-state index >= 15 is 0 Å². The molecule has 0 unspecified atom stereocenters. The summed E-state index contributed by atoms with van der Waals surface area (Å²) >= 11 is 0. The quantitative estimate of drug-likeness (QED) is 0.238. The van der Waals surface area contributed by atoms with Gasteiger partial charge in [-0.25, -0.2) is 5.43 Å². The van der Waals surface area contributed by atoms with Gasteiger partial charge in [-0.3, -0.25) is 4.79 Å². The molecule has 0 radical (unpaired) electrons. The summed E-state index contributed by atoms with van der Waals surface area (Å²) in [4.78, 5) is 12.4. The summed E-state index contributed by atoms with van der Waals surface area (Å²) in [7, 11) is 0. The fourth-order valence-electron chi connectivity index (χ4n) is 3.38. The molecular weight excluding hydrogens is 436 g/mol. The van der Waals surface area contributed by atoms with Crippen molar-refractivity contribution in [1.82, 2.24) is 5.43 Å². The summed E-state index contributed by atoms with van der Waals surface area (Å²) in [5.41, 5.74) is 7.94. The maximum absolute atomic E-state index is 12.4. The monoisotopic (exact) mass is 464 g/mol. The Hall–Kier alpha value is -4.38. The van der Waals surface area contributed by atoms with Crippen molar-refractivity contribution in [3.05, 3.63) is 120 Å². The molecule has 5 heteroatoms. The molecule has 4 aromatic carbocycles. The first-order valence-corrected chi connectivity index (χ1v) is 11.5. The maximum atomic E-state index is 12.4. The molecule has 1 N–H and O–H groups in total. The first kappa shape index (κ1) is 23.8. The Balaban J connectivity index is 1.23. The molecule has 0 aliphatic carbocycles. The summed E-state index contributed by atoms with van der Waals surface area (Å²) in [6, 6.07) is 33.5. The van der Waals surface area contributed by atoms with Crippen LogP contribution in [0.15, 0.2) is 108 Å². The third-order valence-electron chi connectivity index (χ3n) is 5.44. The Morgan fingerprint density at radius 1 is 0.829 bits per heavy atom. The number of amides is 1. The van der Waals surface area contributed by atoms with Gasteiger partial charge in [-0.05, 0) is 72.5 Å². The van der Waals surface area contributed by atoms with Crippen LogP contribution in [0.4, 0.5) is 0 Å². The third kappa shape index (κ3) is 7.05. The second-order valence-electron chi connectivity index (χ2n) is 8.23. The van der Waals surface area contributed by atoms with Crippen molar-refractivity contribution in [3.63, 3.8) is 0 Å². The normalized spacial score (nSPS) is 11.7. The lowest BCUT2D eigenvalue weighted by Crippen LogP contribution is -2.33. The largest absolute Gasteiger partial charge is 0.489 e. The minimum Gasteiger partial charge on any atom is -0.489 e. The number of nitrogens with one attached hydrogen (secondary N) is 1. The van der Waals surface area contributed by atoms with Crippen molar-refractivity contribution >= 4 is 12.1 Å². The fourth-order valence-corrected chi connectivity index (χ4v) is 3.38. The van der Waals surface area contributed by atoms with Gasteiger partial charge in [0.2, 0.25) is 0 Å². The van der Waals surface area contributed by atoms with Crippen LogP contribution in [0.3, 0.4) is 0 Å². The number of rotatable bonds is 9. The summed E-state index contributed by atoms with van der Waals surface area (Å²) in [6.07, 6.45) is 0.899. The van der Waals surface area contributed by atoms with Crippen molar-refractivity contribution < 1.29 is 14.3 Å². The molecule has 1 atom stereocenters. The SMILES string of the molecule is Cc1ccc(COc2ccc(/C=N\NC(=O)[C@@H](C)Oc3ccc(-c4ccccc4)cc3)cc2)cc1. The van der Waals surface area contributed by atoms with E-state index in [-0.39, 0.29) is 5.91 Å². The van der Waals surface area contributed by atoms with Crippen LogP contribution in [-0.4, -0.2) is 18.2 Å². The minimum absolute atomic E-state index is 0.327. The van der Waals surface area contributed by atoms with Crippen LogP contribution in [-0.2, 0) is 11.4 Å². The Labute approximate surface area is 206 Å². The van der Waals surface area contributed by atoms with Crippen LogP contribution in [0.5, 0.6) is 11.5 Å². The van der Waals surface area contributed by atoms with Crippen LogP contribution in [0.25, 0.3) is 11.1 Å². The van der Waals surface area contributed by atoms with E-state index < -0.39 is 6.10 Å². The van der Waals surface area contributed by atoms with Crippen molar-refractivity contribution in [2.45, 2.75) is 26.6 Å². The van der Waals surface area contributed by atoms with Gasteiger partial charge in [-0.1, -0.05) is 72.3 Å². The molecule has 176 valence electrons. The number of ether oxygens (including phenoxy) is 2. The number of hydrazone groups is 1. The molecule has 5 nitrogen and oxygen atoms in total. The minimum atomic E-state index is -0.688. The van der Waals surface area contributed by atoms with Gasteiger partial charge in [0.05, 0.1) is 6.21 Å². The predicted molar refractivity (Wildman–Crippen MR) is 140 cm³/mol.